The number of hydrogen-bond acceptors (Lipinski definition) is 2. The second-order valence-corrected chi connectivity index (χ2v) is 5.44. The van der Waals surface area contributed by atoms with E-state index in [1.54, 1.807) is 24.3 Å². The fraction of sp³-hybridized carbons (Fsp3) is 0.429. The van der Waals surface area contributed by atoms with Crippen molar-refractivity contribution in [2.75, 3.05) is 0 Å². The Hall–Kier alpha value is -1.84. The Morgan fingerprint density at radius 3 is 2.33 bits per heavy atom. The minimum Gasteiger partial charge on any atom is -0.479 e. The predicted octanol–water partition coefficient (Wildman–Crippen LogP) is 1.97. The van der Waals surface area contributed by atoms with Gasteiger partial charge in [-0.3, -0.25) is 4.79 Å². The first-order valence-electron chi connectivity index (χ1n) is 6.00. The lowest BCUT2D eigenvalue weighted by molar-refractivity contribution is -0.142. The van der Waals surface area contributed by atoms with Crippen molar-refractivity contribution in [1.82, 2.24) is 5.32 Å². The highest BCUT2D eigenvalue weighted by Crippen LogP contribution is 2.51. The lowest BCUT2D eigenvalue weighted by Gasteiger charge is -2.15. The number of carbonyl (C=O) groups is 2. The molecular weight excluding hydrogens is 230 g/mol. The third kappa shape index (κ3) is 2.53. The van der Waals surface area contributed by atoms with Gasteiger partial charge in [-0.25, -0.2) is 4.79 Å². The highest BCUT2D eigenvalue weighted by Gasteiger charge is 2.51. The molecule has 1 amide bonds. The number of carboxylic acids is 1. The predicted molar refractivity (Wildman–Crippen MR) is 66.8 cm³/mol. The summed E-state index contributed by atoms with van der Waals surface area (Å²) in [5.74, 6) is -1.27. The molecule has 0 spiro atoms. The average Bonchev–Trinajstić information content (AvgIpc) is 2.96. The Labute approximate surface area is 106 Å². The number of nitrogens with one attached hydrogen (secondary N) is 1. The summed E-state index contributed by atoms with van der Waals surface area (Å²) in [5.41, 5.74) is 0.598. The number of carbonyl (C=O) groups excluding carboxylic acids is 1. The topological polar surface area (TPSA) is 66.4 Å². The van der Waals surface area contributed by atoms with Gasteiger partial charge in [-0.05, 0) is 17.4 Å². The lowest BCUT2D eigenvalue weighted by atomic mass is 10.1. The summed E-state index contributed by atoms with van der Waals surface area (Å²) in [5, 5.41) is 11.8. The van der Waals surface area contributed by atoms with Crippen LogP contribution in [-0.4, -0.2) is 17.0 Å². The SMILES string of the molecule is CC1(C)CC1C(=O)N[C@H](C(=O)O)c1ccccc1. The van der Waals surface area contributed by atoms with E-state index in [4.69, 9.17) is 0 Å². The highest BCUT2D eigenvalue weighted by molar-refractivity contribution is 5.87. The molecule has 0 aromatic heterocycles. The molecule has 2 N–H and O–H groups in total. The molecule has 2 rings (SSSR count). The van der Waals surface area contributed by atoms with Gasteiger partial charge >= 0.3 is 5.97 Å². The van der Waals surface area contributed by atoms with E-state index < -0.39 is 12.0 Å². The van der Waals surface area contributed by atoms with Crippen LogP contribution in [0.25, 0.3) is 0 Å². The summed E-state index contributed by atoms with van der Waals surface area (Å²) in [6.07, 6.45) is 0.819. The molecule has 1 aromatic carbocycles. The van der Waals surface area contributed by atoms with Gasteiger partial charge in [-0.1, -0.05) is 44.2 Å². The standard InChI is InChI=1S/C14H17NO3/c1-14(2)8-10(14)12(16)15-11(13(17)18)9-6-4-3-5-7-9/h3-7,10-11H,8H2,1-2H3,(H,15,16)(H,17,18)/t10?,11-/m0/s1. The first-order valence-corrected chi connectivity index (χ1v) is 6.00. The molecule has 4 nitrogen and oxygen atoms in total. The molecule has 1 aromatic rings. The lowest BCUT2D eigenvalue weighted by Crippen LogP contribution is -2.35. The Morgan fingerprint density at radius 1 is 1.33 bits per heavy atom. The summed E-state index contributed by atoms with van der Waals surface area (Å²) in [6.45, 7) is 4.02. The minimum absolute atomic E-state index is 0.00379. The molecule has 4 heteroatoms. The molecule has 0 saturated heterocycles. The van der Waals surface area contributed by atoms with Crippen molar-refractivity contribution < 1.29 is 14.7 Å². The molecule has 1 saturated carbocycles. The van der Waals surface area contributed by atoms with Crippen molar-refractivity contribution in [3.8, 4) is 0 Å². The van der Waals surface area contributed by atoms with E-state index >= 15 is 0 Å². The number of amides is 1. The van der Waals surface area contributed by atoms with Gasteiger partial charge in [-0.2, -0.15) is 0 Å². The summed E-state index contributed by atoms with van der Waals surface area (Å²) >= 11 is 0. The first-order chi connectivity index (χ1) is 8.42. The van der Waals surface area contributed by atoms with Gasteiger partial charge in [0.15, 0.2) is 6.04 Å². The van der Waals surface area contributed by atoms with Crippen LogP contribution in [0.2, 0.25) is 0 Å². The highest BCUT2D eigenvalue weighted by atomic mass is 16.4. The zero-order valence-electron chi connectivity index (χ0n) is 10.5. The maximum atomic E-state index is 11.9. The van der Waals surface area contributed by atoms with Crippen LogP contribution < -0.4 is 5.32 Å². The molecule has 1 aliphatic rings. The number of benzene rings is 1. The zero-order valence-corrected chi connectivity index (χ0v) is 10.5. The molecule has 2 atom stereocenters. The van der Waals surface area contributed by atoms with Gasteiger partial charge < -0.3 is 10.4 Å². The zero-order chi connectivity index (χ0) is 13.3. The summed E-state index contributed by atoms with van der Waals surface area (Å²) in [7, 11) is 0. The van der Waals surface area contributed by atoms with Gasteiger partial charge in [0.25, 0.3) is 0 Å². The molecular formula is C14H17NO3. The van der Waals surface area contributed by atoms with E-state index in [-0.39, 0.29) is 17.2 Å². The van der Waals surface area contributed by atoms with Crippen molar-refractivity contribution in [2.24, 2.45) is 11.3 Å². The smallest absolute Gasteiger partial charge is 0.330 e. The van der Waals surface area contributed by atoms with Gasteiger partial charge in [0.2, 0.25) is 5.91 Å². The molecule has 0 aliphatic heterocycles. The minimum atomic E-state index is -1.03. The first kappa shape index (κ1) is 12.6. The van der Waals surface area contributed by atoms with Gasteiger partial charge in [0.1, 0.15) is 0 Å². The molecule has 0 radical (unpaired) electrons. The maximum Gasteiger partial charge on any atom is 0.330 e. The second kappa shape index (κ2) is 4.44. The van der Waals surface area contributed by atoms with E-state index in [9.17, 15) is 14.7 Å². The Bertz CT molecular complexity index is 467. The van der Waals surface area contributed by atoms with E-state index in [1.165, 1.54) is 0 Å². The average molecular weight is 247 g/mol. The molecule has 18 heavy (non-hydrogen) atoms. The van der Waals surface area contributed by atoms with Crippen LogP contribution in [0, 0.1) is 11.3 Å². The quantitative estimate of drug-likeness (QED) is 0.854. The van der Waals surface area contributed by atoms with Crippen LogP contribution in [0.4, 0.5) is 0 Å². The largest absolute Gasteiger partial charge is 0.479 e. The normalized spacial score (nSPS) is 22.0. The third-order valence-corrected chi connectivity index (χ3v) is 3.50. The summed E-state index contributed by atoms with van der Waals surface area (Å²) < 4.78 is 0. The molecule has 1 fully saturated rings. The Kier molecular flexibility index (Phi) is 3.11. The van der Waals surface area contributed by atoms with E-state index in [2.05, 4.69) is 5.32 Å². The monoisotopic (exact) mass is 247 g/mol. The van der Waals surface area contributed by atoms with Crippen LogP contribution in [0.5, 0.6) is 0 Å². The van der Waals surface area contributed by atoms with Crippen LogP contribution in [0.1, 0.15) is 31.9 Å². The molecule has 0 heterocycles. The molecule has 1 unspecified atom stereocenters. The number of rotatable bonds is 4. The van der Waals surface area contributed by atoms with Crippen LogP contribution in [-0.2, 0) is 9.59 Å². The maximum absolute atomic E-state index is 11.9. The van der Waals surface area contributed by atoms with E-state index in [1.807, 2.05) is 19.9 Å². The second-order valence-electron chi connectivity index (χ2n) is 5.44. The van der Waals surface area contributed by atoms with E-state index in [0.29, 0.717) is 5.56 Å². The van der Waals surface area contributed by atoms with Gasteiger partial charge in [0, 0.05) is 5.92 Å². The fourth-order valence-corrected chi connectivity index (χ4v) is 2.09. The summed E-state index contributed by atoms with van der Waals surface area (Å²) in [6, 6.07) is 7.79. The fourth-order valence-electron chi connectivity index (χ4n) is 2.09. The Morgan fingerprint density at radius 2 is 1.89 bits per heavy atom. The van der Waals surface area contributed by atoms with Crippen LogP contribution in [0.3, 0.4) is 0 Å². The number of aliphatic carboxylic acids is 1. The van der Waals surface area contributed by atoms with Crippen molar-refractivity contribution in [3.63, 3.8) is 0 Å². The third-order valence-electron chi connectivity index (χ3n) is 3.50. The number of hydrogen-bond donors (Lipinski definition) is 2. The van der Waals surface area contributed by atoms with Crippen LogP contribution >= 0.6 is 0 Å². The summed E-state index contributed by atoms with van der Waals surface area (Å²) in [4.78, 5) is 23.2. The molecule has 96 valence electrons. The van der Waals surface area contributed by atoms with Crippen molar-refractivity contribution >= 4 is 11.9 Å². The molecule has 1 aliphatic carbocycles. The van der Waals surface area contributed by atoms with Gasteiger partial charge in [-0.15, -0.1) is 0 Å². The van der Waals surface area contributed by atoms with Crippen molar-refractivity contribution in [3.05, 3.63) is 35.9 Å². The van der Waals surface area contributed by atoms with E-state index in [0.717, 1.165) is 6.42 Å². The number of carboxylic acid groups (broad SMARTS) is 1. The van der Waals surface area contributed by atoms with Crippen LogP contribution in [0.15, 0.2) is 30.3 Å². The van der Waals surface area contributed by atoms with Crippen molar-refractivity contribution in [1.29, 1.82) is 0 Å². The molecule has 0 bridgehead atoms. The van der Waals surface area contributed by atoms with Crippen molar-refractivity contribution in [2.45, 2.75) is 26.3 Å². The van der Waals surface area contributed by atoms with Gasteiger partial charge in [0.05, 0.1) is 0 Å². The Balaban J connectivity index is 2.09.